The number of hydrogen-bond donors (Lipinski definition) is 0. The monoisotopic (exact) mass is 446 g/mol. The van der Waals surface area contributed by atoms with Gasteiger partial charge in [0.1, 0.15) is 6.29 Å². The van der Waals surface area contributed by atoms with Crippen LogP contribution in [-0.2, 0) is 24.1 Å². The molecule has 0 spiro atoms. The maximum absolute atomic E-state index is 10.7. The first-order valence-corrected chi connectivity index (χ1v) is 12.9. The fourth-order valence-corrected chi connectivity index (χ4v) is 4.05. The number of unbranched alkanes of at least 4 members (excludes halogenated alkanes) is 3. The molecule has 0 bridgehead atoms. The lowest BCUT2D eigenvalue weighted by Gasteiger charge is -2.13. The van der Waals surface area contributed by atoms with E-state index in [1.807, 2.05) is 0 Å². The number of carbonyl (C=O) groups excluding carboxylic acids is 1. The third-order valence-electron chi connectivity index (χ3n) is 6.08. The van der Waals surface area contributed by atoms with E-state index in [0.717, 1.165) is 80.5 Å². The van der Waals surface area contributed by atoms with Crippen molar-refractivity contribution in [3.63, 3.8) is 0 Å². The number of benzene rings is 2. The zero-order chi connectivity index (χ0) is 23.9. The van der Waals surface area contributed by atoms with Crippen LogP contribution in [0.4, 0.5) is 11.4 Å². The molecule has 0 heterocycles. The van der Waals surface area contributed by atoms with Crippen molar-refractivity contribution in [2.75, 3.05) is 0 Å². The summed E-state index contributed by atoms with van der Waals surface area (Å²) in [4.78, 5) is 20.9. The molecule has 0 fully saturated rings. The molecule has 3 heteroatoms. The molecule has 0 aliphatic heterocycles. The molecule has 2 aromatic carbocycles. The second-order valence-corrected chi connectivity index (χ2v) is 8.71. The largest absolute Gasteiger partial charge is 0.303 e. The molecule has 2 rings (SSSR count). The van der Waals surface area contributed by atoms with Crippen LogP contribution in [-0.4, -0.2) is 17.7 Å². The molecular formula is C30H42N2O. The van der Waals surface area contributed by atoms with Crippen molar-refractivity contribution >= 4 is 29.1 Å². The Bertz CT molecular complexity index is 909. The van der Waals surface area contributed by atoms with Gasteiger partial charge in [0, 0.05) is 6.42 Å². The van der Waals surface area contributed by atoms with E-state index in [2.05, 4.69) is 70.2 Å². The Morgan fingerprint density at radius 2 is 1.33 bits per heavy atom. The molecule has 0 atom stereocenters. The van der Waals surface area contributed by atoms with E-state index in [9.17, 15) is 4.79 Å². The summed E-state index contributed by atoms with van der Waals surface area (Å²) in [6.45, 7) is 8.90. The number of hydrogen-bond acceptors (Lipinski definition) is 3. The topological polar surface area (TPSA) is 41.8 Å². The van der Waals surface area contributed by atoms with Gasteiger partial charge in [0.05, 0.1) is 22.8 Å². The molecule has 0 N–H and O–H groups in total. The zero-order valence-electron chi connectivity index (χ0n) is 21.2. The molecule has 178 valence electrons. The Labute approximate surface area is 201 Å². The summed E-state index contributed by atoms with van der Waals surface area (Å²) in [5.41, 5.74) is 8.25. The normalized spacial score (nSPS) is 12.2. The van der Waals surface area contributed by atoms with Gasteiger partial charge in [-0.25, -0.2) is 0 Å². The third kappa shape index (κ3) is 9.07. The van der Waals surface area contributed by atoms with Crippen LogP contribution in [0.1, 0.15) is 95.8 Å². The maximum atomic E-state index is 10.7. The average molecular weight is 447 g/mol. The Balaban J connectivity index is 2.42. The van der Waals surface area contributed by atoms with Crippen LogP contribution in [0.2, 0.25) is 0 Å². The van der Waals surface area contributed by atoms with E-state index in [1.54, 1.807) is 0 Å². The highest BCUT2D eigenvalue weighted by atomic mass is 16.1. The number of nitrogens with zero attached hydrogens (tertiary/aromatic N) is 2. The predicted octanol–water partition coefficient (Wildman–Crippen LogP) is 8.56. The number of rotatable bonds is 15. The van der Waals surface area contributed by atoms with Crippen molar-refractivity contribution in [2.24, 2.45) is 9.98 Å². The van der Waals surface area contributed by atoms with E-state index in [-0.39, 0.29) is 0 Å². The average Bonchev–Trinajstić information content (AvgIpc) is 2.85. The minimum absolute atomic E-state index is 0.565. The van der Waals surface area contributed by atoms with Crippen molar-refractivity contribution in [1.82, 2.24) is 0 Å². The first-order chi connectivity index (χ1) is 16.1. The summed E-state index contributed by atoms with van der Waals surface area (Å²) >= 11 is 0. The highest BCUT2D eigenvalue weighted by Crippen LogP contribution is 2.23. The predicted molar refractivity (Wildman–Crippen MR) is 144 cm³/mol. The number of aliphatic imine (C=N–C) groups is 2. The molecule has 33 heavy (non-hydrogen) atoms. The molecule has 3 nitrogen and oxygen atoms in total. The molecule has 0 saturated carbocycles. The summed E-state index contributed by atoms with van der Waals surface area (Å²) in [5.74, 6) is 0. The Hall–Kier alpha value is -2.55. The van der Waals surface area contributed by atoms with Crippen LogP contribution in [0.25, 0.3) is 0 Å². The summed E-state index contributed by atoms with van der Waals surface area (Å²) in [6.07, 6.45) is 12.1. The summed E-state index contributed by atoms with van der Waals surface area (Å²) in [5, 5.41) is 0. The lowest BCUT2D eigenvalue weighted by atomic mass is 10.0. The highest BCUT2D eigenvalue weighted by molar-refractivity contribution is 6.43. The van der Waals surface area contributed by atoms with E-state index < -0.39 is 0 Å². The summed E-state index contributed by atoms with van der Waals surface area (Å²) in [6, 6.07) is 15.0. The van der Waals surface area contributed by atoms with Crippen molar-refractivity contribution in [3.05, 3.63) is 59.2 Å². The second-order valence-electron chi connectivity index (χ2n) is 8.71. The number of aryl methyl sites for hydroxylation is 3. The fraction of sp³-hybridized carbons (Fsp3) is 0.500. The quantitative estimate of drug-likeness (QED) is 0.153. The fourth-order valence-electron chi connectivity index (χ4n) is 4.05. The van der Waals surface area contributed by atoms with Crippen molar-refractivity contribution in [3.8, 4) is 0 Å². The van der Waals surface area contributed by atoms with Gasteiger partial charge in [0.25, 0.3) is 0 Å². The van der Waals surface area contributed by atoms with Crippen LogP contribution in [0.15, 0.2) is 52.4 Å². The van der Waals surface area contributed by atoms with Gasteiger partial charge >= 0.3 is 0 Å². The molecular weight excluding hydrogens is 404 g/mol. The molecule has 0 aromatic heterocycles. The van der Waals surface area contributed by atoms with Crippen molar-refractivity contribution in [2.45, 2.75) is 98.3 Å². The lowest BCUT2D eigenvalue weighted by molar-refractivity contribution is -0.107. The van der Waals surface area contributed by atoms with Gasteiger partial charge < -0.3 is 4.79 Å². The first-order valence-electron chi connectivity index (χ1n) is 12.9. The summed E-state index contributed by atoms with van der Waals surface area (Å²) < 4.78 is 0. The Kier molecular flexibility index (Phi) is 12.4. The molecule has 0 radical (unpaired) electrons. The molecule has 0 aliphatic rings. The van der Waals surface area contributed by atoms with Gasteiger partial charge in [-0.3, -0.25) is 9.98 Å². The molecule has 0 aliphatic carbocycles. The maximum Gasteiger partial charge on any atom is 0.120 e. The van der Waals surface area contributed by atoms with Crippen molar-refractivity contribution < 1.29 is 4.79 Å². The Morgan fingerprint density at radius 3 is 1.94 bits per heavy atom. The van der Waals surface area contributed by atoms with E-state index in [0.29, 0.717) is 6.42 Å². The van der Waals surface area contributed by atoms with Gasteiger partial charge in [-0.1, -0.05) is 65.2 Å². The molecule has 0 saturated heterocycles. The molecule has 2 aromatic rings. The minimum atomic E-state index is 0.565. The van der Waals surface area contributed by atoms with Crippen LogP contribution in [0, 0.1) is 0 Å². The second kappa shape index (κ2) is 15.3. The standard InChI is InChI=1S/C30H42N2O/c1-5-9-11-15-30(32-28-21-18-25(7-3)26(8-4)23-28)29(14-10-6-2)31-27-19-16-24(17-20-27)13-12-22-33/h16-23H,5-15H2,1-4H3. The van der Waals surface area contributed by atoms with Crippen LogP contribution in [0.5, 0.6) is 0 Å². The van der Waals surface area contributed by atoms with Gasteiger partial charge in [0.2, 0.25) is 0 Å². The van der Waals surface area contributed by atoms with Crippen LogP contribution in [0.3, 0.4) is 0 Å². The van der Waals surface area contributed by atoms with Crippen molar-refractivity contribution in [1.29, 1.82) is 0 Å². The lowest BCUT2D eigenvalue weighted by Crippen LogP contribution is -2.14. The van der Waals surface area contributed by atoms with E-state index in [1.165, 1.54) is 29.5 Å². The number of carbonyl (C=O) groups is 1. The first kappa shape index (κ1) is 26.7. The smallest absolute Gasteiger partial charge is 0.120 e. The van der Waals surface area contributed by atoms with Gasteiger partial charge in [0.15, 0.2) is 0 Å². The van der Waals surface area contributed by atoms with Crippen LogP contribution < -0.4 is 0 Å². The van der Waals surface area contributed by atoms with Gasteiger partial charge in [-0.15, -0.1) is 0 Å². The SMILES string of the molecule is CCCCCC(=Nc1ccc(CC)c(CC)c1)C(CCCC)=Nc1ccc(CCC=O)cc1. The minimum Gasteiger partial charge on any atom is -0.303 e. The van der Waals surface area contributed by atoms with E-state index >= 15 is 0 Å². The summed E-state index contributed by atoms with van der Waals surface area (Å²) in [7, 11) is 0. The Morgan fingerprint density at radius 1 is 0.727 bits per heavy atom. The zero-order valence-corrected chi connectivity index (χ0v) is 21.2. The van der Waals surface area contributed by atoms with E-state index in [4.69, 9.17) is 9.98 Å². The molecule has 0 unspecified atom stereocenters. The number of aldehydes is 1. The molecule has 0 amide bonds. The highest BCUT2D eigenvalue weighted by Gasteiger charge is 2.11. The van der Waals surface area contributed by atoms with Gasteiger partial charge in [-0.05, 0) is 85.9 Å². The third-order valence-corrected chi connectivity index (χ3v) is 6.08. The van der Waals surface area contributed by atoms with Crippen LogP contribution >= 0.6 is 0 Å². The van der Waals surface area contributed by atoms with Gasteiger partial charge in [-0.2, -0.15) is 0 Å².